The van der Waals surface area contributed by atoms with Gasteiger partial charge in [-0.1, -0.05) is 30.4 Å². The molecule has 1 saturated heterocycles. The molecule has 4 atom stereocenters. The molecule has 2 aliphatic rings. The normalized spacial score (nSPS) is 40.1. The van der Waals surface area contributed by atoms with Crippen molar-refractivity contribution in [2.24, 2.45) is 0 Å². The maximum absolute atomic E-state index is 8.45. The summed E-state index contributed by atoms with van der Waals surface area (Å²) in [6.45, 7) is 8.62. The number of hydrogen-bond donors (Lipinski definition) is 0. The quantitative estimate of drug-likeness (QED) is 0.699. The van der Waals surface area contributed by atoms with Crippen LogP contribution < -0.4 is 4.90 Å². The molecule has 1 aromatic carbocycles. The van der Waals surface area contributed by atoms with Crippen LogP contribution in [0, 0.1) is 6.92 Å². The Kier molecular flexibility index (Phi) is 2.44. The lowest BCUT2D eigenvalue weighted by Gasteiger charge is -2.32. The van der Waals surface area contributed by atoms with Gasteiger partial charge in [-0.3, -0.25) is 4.90 Å². The van der Waals surface area contributed by atoms with Crippen LogP contribution >= 0.6 is 0 Å². The first kappa shape index (κ1) is 10.6. The lowest BCUT2D eigenvalue weighted by atomic mass is 10.1. The molecule has 96 valence electrons. The highest BCUT2D eigenvalue weighted by molar-refractivity contribution is 5.56. The number of benzene rings is 1. The lowest BCUT2D eigenvalue weighted by molar-refractivity contribution is 0.216. The summed E-state index contributed by atoms with van der Waals surface area (Å²) in [5.74, 6) is 0. The molecular weight excluding hydrogens is 220 g/mol. The summed E-state index contributed by atoms with van der Waals surface area (Å²) in [6, 6.07) is 8.69. The van der Waals surface area contributed by atoms with Crippen LogP contribution in [0.2, 0.25) is 0 Å². The second-order valence-corrected chi connectivity index (χ2v) is 5.46. The van der Waals surface area contributed by atoms with Gasteiger partial charge in [-0.05, 0) is 39.3 Å². The molecule has 0 aliphatic carbocycles. The monoisotopic (exact) mass is 243 g/mol. The Morgan fingerprint density at radius 3 is 2.50 bits per heavy atom. The third-order valence-corrected chi connectivity index (χ3v) is 4.39. The van der Waals surface area contributed by atoms with Crippen molar-refractivity contribution >= 4 is 5.69 Å². The molecule has 0 N–H and O–H groups in total. The molecule has 0 bridgehead atoms. The molecule has 1 aromatic rings. The van der Waals surface area contributed by atoms with Crippen molar-refractivity contribution in [2.75, 3.05) is 4.90 Å². The van der Waals surface area contributed by atoms with Gasteiger partial charge in [0.25, 0.3) is 0 Å². The van der Waals surface area contributed by atoms with E-state index in [0.29, 0.717) is 12.1 Å². The highest BCUT2D eigenvalue weighted by atomic mass is 15.5. The Bertz CT molecular complexity index is 523. The minimum absolute atomic E-state index is 0.249. The zero-order valence-corrected chi connectivity index (χ0v) is 11.6. The second kappa shape index (κ2) is 4.13. The Morgan fingerprint density at radius 1 is 1.11 bits per heavy atom. The number of anilines is 1. The molecule has 2 heteroatoms. The minimum atomic E-state index is -0.588. The molecule has 0 amide bonds. The summed E-state index contributed by atoms with van der Waals surface area (Å²) >= 11 is 0. The molecule has 2 nitrogen and oxygen atoms in total. The van der Waals surface area contributed by atoms with Crippen LogP contribution in [0.1, 0.15) is 27.7 Å². The van der Waals surface area contributed by atoms with Crippen LogP contribution in [0.3, 0.4) is 0 Å². The molecular formula is C16H22N2. The summed E-state index contributed by atoms with van der Waals surface area (Å²) < 4.78 is 8.45. The van der Waals surface area contributed by atoms with E-state index < -0.39 is 6.02 Å². The highest BCUT2D eigenvalue weighted by Crippen LogP contribution is 2.38. The van der Waals surface area contributed by atoms with E-state index >= 15 is 0 Å². The largest absolute Gasteiger partial charge is 0.351 e. The van der Waals surface area contributed by atoms with Gasteiger partial charge in [0.15, 0.2) is 0 Å². The van der Waals surface area contributed by atoms with Gasteiger partial charge in [0.05, 0.1) is 13.6 Å². The Hall–Kier alpha value is -1.28. The van der Waals surface area contributed by atoms with E-state index in [9.17, 15) is 0 Å². The second-order valence-electron chi connectivity index (χ2n) is 5.46. The van der Waals surface area contributed by atoms with Gasteiger partial charge in [-0.25, -0.2) is 0 Å². The number of hydrogen-bond acceptors (Lipinski definition) is 2. The van der Waals surface area contributed by atoms with E-state index in [-0.39, 0.29) is 6.17 Å². The Balaban J connectivity index is 2.02. The van der Waals surface area contributed by atoms with E-state index in [1.807, 2.05) is 13.0 Å². The van der Waals surface area contributed by atoms with Gasteiger partial charge in [0.2, 0.25) is 0 Å². The topological polar surface area (TPSA) is 6.48 Å². The Morgan fingerprint density at radius 2 is 1.83 bits per heavy atom. The molecule has 0 spiro atoms. The average molecular weight is 243 g/mol. The average Bonchev–Trinajstić information content (AvgIpc) is 2.79. The molecule has 2 aliphatic heterocycles. The molecule has 2 heterocycles. The summed E-state index contributed by atoms with van der Waals surface area (Å²) in [5, 5.41) is 0. The van der Waals surface area contributed by atoms with Crippen LogP contribution in [-0.2, 0) is 0 Å². The molecule has 18 heavy (non-hydrogen) atoms. The first-order chi connectivity index (χ1) is 8.93. The van der Waals surface area contributed by atoms with Crippen LogP contribution in [0.4, 0.5) is 5.69 Å². The van der Waals surface area contributed by atoms with E-state index in [2.05, 4.69) is 60.9 Å². The van der Waals surface area contributed by atoms with E-state index in [4.69, 9.17) is 1.37 Å². The molecule has 0 radical (unpaired) electrons. The summed E-state index contributed by atoms with van der Waals surface area (Å²) in [4.78, 5) is 4.75. The van der Waals surface area contributed by atoms with Gasteiger partial charge in [0, 0.05) is 17.7 Å². The predicted octanol–water partition coefficient (Wildman–Crippen LogP) is 3.18. The summed E-state index contributed by atoms with van der Waals surface area (Å²) in [5.41, 5.74) is 2.60. The van der Waals surface area contributed by atoms with Gasteiger partial charge in [-0.15, -0.1) is 0 Å². The Labute approximate surface area is 111 Å². The van der Waals surface area contributed by atoms with Crippen molar-refractivity contribution in [3.8, 4) is 0 Å². The highest BCUT2D eigenvalue weighted by Gasteiger charge is 2.45. The third kappa shape index (κ3) is 1.52. The standard InChI is InChI=1S/C16H22N2/c1-11-7-5-6-8-15(11)18-13(3)16-10-9-12(2)17(16)14(18)4/h5-10,12-14,16H,1-4H3/t12?,13-,14?,16?/m0/s1/i12D. The molecule has 3 unspecified atom stereocenters. The van der Waals surface area contributed by atoms with Crippen LogP contribution in [0.25, 0.3) is 0 Å². The van der Waals surface area contributed by atoms with E-state index in [1.54, 1.807) is 0 Å². The number of fused-ring (bicyclic) bond motifs is 1. The van der Waals surface area contributed by atoms with Gasteiger partial charge in [-0.2, -0.15) is 0 Å². The fraction of sp³-hybridized carbons (Fsp3) is 0.500. The van der Waals surface area contributed by atoms with Crippen molar-refractivity contribution in [2.45, 2.75) is 52.0 Å². The maximum Gasteiger partial charge on any atom is 0.0806 e. The van der Waals surface area contributed by atoms with Crippen molar-refractivity contribution in [3.63, 3.8) is 0 Å². The third-order valence-electron chi connectivity index (χ3n) is 4.39. The molecule has 0 saturated carbocycles. The first-order valence-corrected chi connectivity index (χ1v) is 6.75. The van der Waals surface area contributed by atoms with Crippen LogP contribution in [0.5, 0.6) is 0 Å². The smallest absolute Gasteiger partial charge is 0.0806 e. The SMILES string of the molecule is [2H]C1(C)C=CC2[C@H](C)N(c3ccccc3C)C(C)N21. The number of nitrogens with zero attached hydrogens (tertiary/aromatic N) is 2. The number of rotatable bonds is 1. The first-order valence-electron chi connectivity index (χ1n) is 7.25. The van der Waals surface area contributed by atoms with E-state index in [1.165, 1.54) is 11.3 Å². The number of para-hydroxylation sites is 1. The van der Waals surface area contributed by atoms with E-state index in [0.717, 1.165) is 0 Å². The van der Waals surface area contributed by atoms with Crippen molar-refractivity contribution in [3.05, 3.63) is 42.0 Å². The summed E-state index contributed by atoms with van der Waals surface area (Å²) in [7, 11) is 0. The van der Waals surface area contributed by atoms with Crippen LogP contribution in [0.15, 0.2) is 36.4 Å². The fourth-order valence-electron chi connectivity index (χ4n) is 3.50. The lowest BCUT2D eigenvalue weighted by Crippen LogP contribution is -2.41. The van der Waals surface area contributed by atoms with Crippen LogP contribution in [-0.4, -0.2) is 29.2 Å². The zero-order chi connectivity index (χ0) is 13.8. The van der Waals surface area contributed by atoms with Crippen molar-refractivity contribution < 1.29 is 1.37 Å². The molecule has 0 aromatic heterocycles. The minimum Gasteiger partial charge on any atom is -0.351 e. The fourth-order valence-corrected chi connectivity index (χ4v) is 3.50. The molecule has 1 fully saturated rings. The van der Waals surface area contributed by atoms with Gasteiger partial charge in [0.1, 0.15) is 0 Å². The summed E-state index contributed by atoms with van der Waals surface area (Å²) in [6.07, 6.45) is 4.48. The maximum atomic E-state index is 8.45. The zero-order valence-electron chi connectivity index (χ0n) is 12.6. The number of aryl methyl sites for hydroxylation is 1. The predicted molar refractivity (Wildman–Crippen MR) is 76.8 cm³/mol. The van der Waals surface area contributed by atoms with Gasteiger partial charge < -0.3 is 4.90 Å². The van der Waals surface area contributed by atoms with Crippen molar-refractivity contribution in [1.82, 2.24) is 4.90 Å². The van der Waals surface area contributed by atoms with Crippen molar-refractivity contribution in [1.29, 1.82) is 0 Å². The molecule has 3 rings (SSSR count). The van der Waals surface area contributed by atoms with Gasteiger partial charge >= 0.3 is 0 Å².